The Bertz CT molecular complexity index is 49.1. The summed E-state index contributed by atoms with van der Waals surface area (Å²) in [7, 11) is 0. The SMILES string of the molecule is [CH2]C1C[CH]C(C)C1. The van der Waals surface area contributed by atoms with Crippen molar-refractivity contribution in [3.63, 3.8) is 0 Å². The fourth-order valence-electron chi connectivity index (χ4n) is 1.14. The Kier molecular flexibility index (Phi) is 1.36. The molecule has 0 bridgehead atoms. The van der Waals surface area contributed by atoms with Crippen molar-refractivity contribution in [2.45, 2.75) is 19.8 Å². The molecule has 2 unspecified atom stereocenters. The highest BCUT2D eigenvalue weighted by Crippen LogP contribution is 2.27. The molecular weight excluding hydrogens is 84.1 g/mol. The second kappa shape index (κ2) is 1.85. The van der Waals surface area contributed by atoms with Crippen molar-refractivity contribution >= 4 is 0 Å². The number of hydrogen-bond acceptors (Lipinski definition) is 0. The summed E-state index contributed by atoms with van der Waals surface area (Å²) in [5, 5.41) is 0. The van der Waals surface area contributed by atoms with Crippen molar-refractivity contribution in [3.8, 4) is 0 Å². The Labute approximate surface area is 45.9 Å². The zero-order chi connectivity index (χ0) is 5.28. The molecule has 1 fully saturated rings. The molecule has 0 aromatic carbocycles. The maximum absolute atomic E-state index is 3.96. The molecule has 0 heterocycles. The van der Waals surface area contributed by atoms with Crippen LogP contribution in [0.15, 0.2) is 0 Å². The smallest absolute Gasteiger partial charge is 0.0355 e. The van der Waals surface area contributed by atoms with Gasteiger partial charge in [0, 0.05) is 0 Å². The van der Waals surface area contributed by atoms with Crippen molar-refractivity contribution in [2.24, 2.45) is 11.8 Å². The van der Waals surface area contributed by atoms with Crippen LogP contribution in [0.25, 0.3) is 0 Å². The van der Waals surface area contributed by atoms with Gasteiger partial charge in [-0.3, -0.25) is 0 Å². The van der Waals surface area contributed by atoms with Crippen LogP contribution in [0.3, 0.4) is 0 Å². The van der Waals surface area contributed by atoms with E-state index in [1.54, 1.807) is 0 Å². The second-order valence-electron chi connectivity index (χ2n) is 2.55. The van der Waals surface area contributed by atoms with Crippen LogP contribution in [-0.4, -0.2) is 0 Å². The third-order valence-corrected chi connectivity index (χ3v) is 1.58. The standard InChI is InChI=1S/C7H12/c1-6-3-4-7(2)5-6/h4,6-7H,1,3,5H2,2H3. The van der Waals surface area contributed by atoms with Gasteiger partial charge < -0.3 is 0 Å². The van der Waals surface area contributed by atoms with Gasteiger partial charge in [-0.05, 0) is 31.1 Å². The van der Waals surface area contributed by atoms with E-state index in [2.05, 4.69) is 20.3 Å². The molecule has 0 saturated heterocycles. The van der Waals surface area contributed by atoms with Gasteiger partial charge in [-0.15, -0.1) is 0 Å². The molecule has 0 nitrogen and oxygen atoms in total. The molecule has 0 aliphatic heterocycles. The molecule has 0 aromatic heterocycles. The van der Waals surface area contributed by atoms with Crippen LogP contribution < -0.4 is 0 Å². The van der Waals surface area contributed by atoms with Crippen LogP contribution in [0.5, 0.6) is 0 Å². The minimum Gasteiger partial charge on any atom is -0.0622 e. The van der Waals surface area contributed by atoms with Gasteiger partial charge in [0.05, 0.1) is 0 Å². The lowest BCUT2D eigenvalue weighted by Gasteiger charge is -1.96. The van der Waals surface area contributed by atoms with Gasteiger partial charge in [0.1, 0.15) is 0 Å². The maximum atomic E-state index is 3.96. The molecule has 1 saturated carbocycles. The van der Waals surface area contributed by atoms with E-state index in [1.165, 1.54) is 12.8 Å². The van der Waals surface area contributed by atoms with Crippen LogP contribution in [0.4, 0.5) is 0 Å². The van der Waals surface area contributed by atoms with Gasteiger partial charge >= 0.3 is 0 Å². The maximum Gasteiger partial charge on any atom is -0.0355 e. The molecule has 0 aromatic rings. The quantitative estimate of drug-likeness (QED) is 0.433. The van der Waals surface area contributed by atoms with Crippen molar-refractivity contribution < 1.29 is 0 Å². The predicted molar refractivity (Wildman–Crippen MR) is 31.5 cm³/mol. The summed E-state index contributed by atoms with van der Waals surface area (Å²) < 4.78 is 0. The van der Waals surface area contributed by atoms with Crippen LogP contribution in [0.1, 0.15) is 19.8 Å². The van der Waals surface area contributed by atoms with Crippen LogP contribution in [0.2, 0.25) is 0 Å². The highest BCUT2D eigenvalue weighted by molar-refractivity contribution is 4.87. The average Bonchev–Trinajstić information content (AvgIpc) is 1.87. The molecule has 1 rings (SSSR count). The lowest BCUT2D eigenvalue weighted by Crippen LogP contribution is -1.85. The summed E-state index contributed by atoms with van der Waals surface area (Å²) in [6.45, 7) is 6.21. The number of rotatable bonds is 0. The molecule has 7 heavy (non-hydrogen) atoms. The molecule has 1 aliphatic rings. The van der Waals surface area contributed by atoms with Gasteiger partial charge in [0.15, 0.2) is 0 Å². The van der Waals surface area contributed by atoms with Crippen molar-refractivity contribution in [2.75, 3.05) is 0 Å². The van der Waals surface area contributed by atoms with Crippen LogP contribution >= 0.6 is 0 Å². The van der Waals surface area contributed by atoms with Crippen LogP contribution in [-0.2, 0) is 0 Å². The normalized spacial score (nSPS) is 42.0. The zero-order valence-corrected chi connectivity index (χ0v) is 4.85. The fraction of sp³-hybridized carbons (Fsp3) is 0.714. The van der Waals surface area contributed by atoms with Crippen molar-refractivity contribution in [1.29, 1.82) is 0 Å². The summed E-state index contributed by atoms with van der Waals surface area (Å²) >= 11 is 0. The van der Waals surface area contributed by atoms with E-state index in [1.807, 2.05) is 0 Å². The van der Waals surface area contributed by atoms with E-state index >= 15 is 0 Å². The lowest BCUT2D eigenvalue weighted by atomic mass is 10.1. The zero-order valence-electron chi connectivity index (χ0n) is 4.85. The first-order valence-electron chi connectivity index (χ1n) is 2.95. The largest absolute Gasteiger partial charge is 0.0622 e. The minimum absolute atomic E-state index is 0.718. The predicted octanol–water partition coefficient (Wildman–Crippen LogP) is 2.07. The monoisotopic (exact) mass is 96.1 g/mol. The lowest BCUT2D eigenvalue weighted by molar-refractivity contribution is 0.608. The van der Waals surface area contributed by atoms with Crippen molar-refractivity contribution in [3.05, 3.63) is 13.3 Å². The van der Waals surface area contributed by atoms with Crippen LogP contribution in [0, 0.1) is 25.2 Å². The van der Waals surface area contributed by atoms with Gasteiger partial charge in [0.25, 0.3) is 0 Å². The Morgan fingerprint density at radius 2 is 2.43 bits per heavy atom. The third-order valence-electron chi connectivity index (χ3n) is 1.58. The molecule has 2 atom stereocenters. The Morgan fingerprint density at radius 3 is 2.57 bits per heavy atom. The van der Waals surface area contributed by atoms with E-state index in [4.69, 9.17) is 0 Å². The van der Waals surface area contributed by atoms with E-state index in [0.717, 1.165) is 11.8 Å². The molecule has 0 spiro atoms. The Hall–Kier alpha value is 0. The van der Waals surface area contributed by atoms with E-state index in [9.17, 15) is 0 Å². The topological polar surface area (TPSA) is 0 Å². The summed E-state index contributed by atoms with van der Waals surface area (Å²) in [5.74, 6) is 1.55. The minimum atomic E-state index is 0.718. The molecule has 0 amide bonds. The fourth-order valence-corrected chi connectivity index (χ4v) is 1.14. The van der Waals surface area contributed by atoms with Gasteiger partial charge in [-0.1, -0.05) is 13.8 Å². The van der Waals surface area contributed by atoms with Crippen molar-refractivity contribution in [1.82, 2.24) is 0 Å². The summed E-state index contributed by atoms with van der Waals surface area (Å²) in [6.07, 6.45) is 4.90. The summed E-state index contributed by atoms with van der Waals surface area (Å²) in [5.41, 5.74) is 0. The van der Waals surface area contributed by atoms with E-state index in [0.29, 0.717) is 0 Å². The molecule has 2 radical (unpaired) electrons. The van der Waals surface area contributed by atoms with Gasteiger partial charge in [0.2, 0.25) is 0 Å². The molecule has 0 N–H and O–H groups in total. The Morgan fingerprint density at radius 1 is 1.71 bits per heavy atom. The molecule has 0 heteroatoms. The van der Waals surface area contributed by atoms with Gasteiger partial charge in [-0.25, -0.2) is 0 Å². The Balaban J connectivity index is 2.26. The van der Waals surface area contributed by atoms with E-state index in [-0.39, 0.29) is 0 Å². The highest BCUT2D eigenvalue weighted by Gasteiger charge is 2.16. The molecule has 40 valence electrons. The first-order valence-corrected chi connectivity index (χ1v) is 2.95. The number of hydrogen-bond donors (Lipinski definition) is 0. The summed E-state index contributed by atoms with van der Waals surface area (Å²) in [6, 6.07) is 0. The second-order valence-corrected chi connectivity index (χ2v) is 2.55. The first kappa shape index (κ1) is 5.14. The highest BCUT2D eigenvalue weighted by atomic mass is 14.2. The molecular formula is C7H12. The average molecular weight is 96.2 g/mol. The molecule has 1 aliphatic carbocycles. The third kappa shape index (κ3) is 1.19. The summed E-state index contributed by atoms with van der Waals surface area (Å²) in [4.78, 5) is 0. The first-order chi connectivity index (χ1) is 3.29. The van der Waals surface area contributed by atoms with Gasteiger partial charge in [-0.2, -0.15) is 0 Å². The van der Waals surface area contributed by atoms with E-state index < -0.39 is 0 Å².